The zero-order valence-corrected chi connectivity index (χ0v) is 24.6. The van der Waals surface area contributed by atoms with Gasteiger partial charge in [-0.05, 0) is 62.3 Å². The van der Waals surface area contributed by atoms with E-state index in [0.29, 0.717) is 12.1 Å². The van der Waals surface area contributed by atoms with E-state index in [2.05, 4.69) is 31.1 Å². The van der Waals surface area contributed by atoms with Gasteiger partial charge in [-0.3, -0.25) is 9.59 Å². The number of amides is 3. The Morgan fingerprint density at radius 1 is 1.10 bits per heavy atom. The predicted molar refractivity (Wildman–Crippen MR) is 160 cm³/mol. The SMILES string of the molecule is C=Cc1cccc(C(C(=O)NCCCCC)N(C(=O)C(Cc2ccccc2)NC(=O)OC(C)(C)C)C2CC2C)c1. The monoisotopic (exact) mass is 547 g/mol. The van der Waals surface area contributed by atoms with Crippen LogP contribution >= 0.6 is 0 Å². The summed E-state index contributed by atoms with van der Waals surface area (Å²) in [4.78, 5) is 42.9. The van der Waals surface area contributed by atoms with E-state index < -0.39 is 23.8 Å². The van der Waals surface area contributed by atoms with Crippen LogP contribution in [0.5, 0.6) is 0 Å². The summed E-state index contributed by atoms with van der Waals surface area (Å²) < 4.78 is 5.52. The fraction of sp³-hybridized carbons (Fsp3) is 0.485. The summed E-state index contributed by atoms with van der Waals surface area (Å²) >= 11 is 0. The quantitative estimate of drug-likeness (QED) is 0.299. The minimum Gasteiger partial charge on any atom is -0.444 e. The Balaban J connectivity index is 2.01. The summed E-state index contributed by atoms with van der Waals surface area (Å²) in [6.45, 7) is 14.0. The molecule has 4 atom stereocenters. The molecule has 2 N–H and O–H groups in total. The lowest BCUT2D eigenvalue weighted by Crippen LogP contribution is -2.54. The summed E-state index contributed by atoms with van der Waals surface area (Å²) in [6.07, 6.45) is 5.05. The molecular formula is C33H45N3O4. The van der Waals surface area contributed by atoms with Gasteiger partial charge in [0.15, 0.2) is 0 Å². The van der Waals surface area contributed by atoms with E-state index in [4.69, 9.17) is 4.74 Å². The van der Waals surface area contributed by atoms with E-state index in [9.17, 15) is 14.4 Å². The molecule has 1 fully saturated rings. The van der Waals surface area contributed by atoms with Gasteiger partial charge in [0, 0.05) is 19.0 Å². The van der Waals surface area contributed by atoms with Crippen LogP contribution in [0.1, 0.15) is 83.0 Å². The number of carbonyl (C=O) groups excluding carboxylic acids is 3. The van der Waals surface area contributed by atoms with Crippen LogP contribution in [0, 0.1) is 5.92 Å². The van der Waals surface area contributed by atoms with Gasteiger partial charge in [-0.25, -0.2) is 4.79 Å². The molecule has 7 heteroatoms. The normalized spacial score (nSPS) is 17.7. The number of nitrogens with zero attached hydrogens (tertiary/aromatic N) is 1. The topological polar surface area (TPSA) is 87.7 Å². The van der Waals surface area contributed by atoms with Crippen molar-refractivity contribution in [3.8, 4) is 0 Å². The van der Waals surface area contributed by atoms with Crippen molar-refractivity contribution in [2.75, 3.05) is 6.54 Å². The average Bonchev–Trinajstić information content (AvgIpc) is 3.63. The van der Waals surface area contributed by atoms with Crippen LogP contribution in [0.25, 0.3) is 6.08 Å². The third kappa shape index (κ3) is 8.97. The maximum absolute atomic E-state index is 14.5. The number of alkyl carbamates (subject to hydrolysis) is 1. The number of ether oxygens (including phenoxy) is 1. The first-order valence-electron chi connectivity index (χ1n) is 14.4. The summed E-state index contributed by atoms with van der Waals surface area (Å²) in [6, 6.07) is 15.3. The maximum Gasteiger partial charge on any atom is 0.408 e. The number of carbonyl (C=O) groups is 3. The van der Waals surface area contributed by atoms with E-state index in [1.165, 1.54) is 0 Å². The van der Waals surface area contributed by atoms with Crippen LogP contribution < -0.4 is 10.6 Å². The minimum absolute atomic E-state index is 0.120. The number of unbranched alkanes of at least 4 members (excludes halogenated alkanes) is 2. The smallest absolute Gasteiger partial charge is 0.408 e. The van der Waals surface area contributed by atoms with E-state index in [0.717, 1.165) is 36.8 Å². The molecule has 7 nitrogen and oxygen atoms in total. The molecule has 0 bridgehead atoms. The first-order valence-corrected chi connectivity index (χ1v) is 14.4. The zero-order chi connectivity index (χ0) is 29.3. The molecule has 3 rings (SSSR count). The molecule has 0 aliphatic heterocycles. The first-order chi connectivity index (χ1) is 19.0. The highest BCUT2D eigenvalue weighted by Gasteiger charge is 2.48. The average molecular weight is 548 g/mol. The van der Waals surface area contributed by atoms with Gasteiger partial charge in [0.05, 0.1) is 0 Å². The number of hydrogen-bond donors (Lipinski definition) is 2. The van der Waals surface area contributed by atoms with Gasteiger partial charge >= 0.3 is 6.09 Å². The molecule has 0 radical (unpaired) electrons. The largest absolute Gasteiger partial charge is 0.444 e. The van der Waals surface area contributed by atoms with Crippen molar-refractivity contribution >= 4 is 24.0 Å². The second kappa shape index (κ2) is 14.1. The third-order valence-corrected chi connectivity index (χ3v) is 7.02. The van der Waals surface area contributed by atoms with Gasteiger partial charge in [-0.2, -0.15) is 0 Å². The highest BCUT2D eigenvalue weighted by molar-refractivity contribution is 5.93. The number of nitrogens with one attached hydrogen (secondary N) is 2. The van der Waals surface area contributed by atoms with Crippen molar-refractivity contribution < 1.29 is 19.1 Å². The Morgan fingerprint density at radius 2 is 1.80 bits per heavy atom. The molecule has 2 aromatic carbocycles. The predicted octanol–water partition coefficient (Wildman–Crippen LogP) is 6.05. The molecule has 0 saturated heterocycles. The van der Waals surface area contributed by atoms with Gasteiger partial charge in [0.2, 0.25) is 11.8 Å². The van der Waals surface area contributed by atoms with E-state index in [-0.39, 0.29) is 30.2 Å². The zero-order valence-electron chi connectivity index (χ0n) is 24.6. The van der Waals surface area contributed by atoms with Crippen LogP contribution in [-0.4, -0.2) is 47.0 Å². The molecular weight excluding hydrogens is 502 g/mol. The molecule has 0 spiro atoms. The highest BCUT2D eigenvalue weighted by atomic mass is 16.6. The lowest BCUT2D eigenvalue weighted by molar-refractivity contribution is -0.143. The molecule has 1 saturated carbocycles. The molecule has 1 aliphatic carbocycles. The lowest BCUT2D eigenvalue weighted by atomic mass is 9.98. The Kier molecular flexibility index (Phi) is 10.9. The molecule has 4 unspecified atom stereocenters. The first kappa shape index (κ1) is 30.9. The fourth-order valence-electron chi connectivity index (χ4n) is 4.83. The molecule has 3 amide bonds. The fourth-order valence-corrected chi connectivity index (χ4v) is 4.83. The number of benzene rings is 2. The van der Waals surface area contributed by atoms with Crippen LogP contribution in [0.3, 0.4) is 0 Å². The Morgan fingerprint density at radius 3 is 2.40 bits per heavy atom. The standard InChI is InChI=1S/C33H45N3O4/c1-7-9-13-19-34-30(37)29(26-18-14-17-24(8-2)21-26)36(28-20-23(28)3)31(38)27(22-25-15-11-10-12-16-25)35-32(39)40-33(4,5)6/h8,10-12,14-18,21,23,27-29H,2,7,9,13,19-20,22H2,1,3-6H3,(H,34,37)(H,35,39). The van der Waals surface area contributed by atoms with Crippen LogP contribution in [0.4, 0.5) is 4.79 Å². The van der Waals surface area contributed by atoms with Crippen molar-refractivity contribution in [1.29, 1.82) is 0 Å². The van der Waals surface area contributed by atoms with Crippen molar-refractivity contribution in [3.63, 3.8) is 0 Å². The summed E-state index contributed by atoms with van der Waals surface area (Å²) in [5.41, 5.74) is 1.76. The molecule has 1 aliphatic rings. The van der Waals surface area contributed by atoms with Crippen molar-refractivity contribution in [1.82, 2.24) is 15.5 Å². The third-order valence-electron chi connectivity index (χ3n) is 7.02. The van der Waals surface area contributed by atoms with Crippen molar-refractivity contribution in [2.24, 2.45) is 5.92 Å². The number of rotatable bonds is 13. The Bertz CT molecular complexity index is 1160. The molecule has 40 heavy (non-hydrogen) atoms. The maximum atomic E-state index is 14.5. The van der Waals surface area contributed by atoms with Crippen molar-refractivity contribution in [3.05, 3.63) is 77.9 Å². The Labute approximate surface area is 239 Å². The molecule has 0 aromatic heterocycles. The molecule has 216 valence electrons. The second-order valence-corrected chi connectivity index (χ2v) is 11.7. The van der Waals surface area contributed by atoms with Crippen LogP contribution in [0.15, 0.2) is 61.2 Å². The lowest BCUT2D eigenvalue weighted by Gasteiger charge is -2.35. The number of hydrogen-bond acceptors (Lipinski definition) is 4. The van der Waals surface area contributed by atoms with E-state index in [1.54, 1.807) is 31.7 Å². The molecule has 2 aromatic rings. The van der Waals surface area contributed by atoms with Crippen LogP contribution in [-0.2, 0) is 20.7 Å². The van der Waals surface area contributed by atoms with E-state index in [1.807, 2.05) is 54.6 Å². The van der Waals surface area contributed by atoms with Gasteiger partial charge in [0.25, 0.3) is 0 Å². The molecule has 0 heterocycles. The summed E-state index contributed by atoms with van der Waals surface area (Å²) in [7, 11) is 0. The Hall–Kier alpha value is -3.61. The minimum atomic E-state index is -0.914. The van der Waals surface area contributed by atoms with Gasteiger partial charge in [0.1, 0.15) is 17.7 Å². The van der Waals surface area contributed by atoms with Crippen molar-refractivity contribution in [2.45, 2.75) is 90.4 Å². The highest BCUT2D eigenvalue weighted by Crippen LogP contribution is 2.41. The summed E-state index contributed by atoms with van der Waals surface area (Å²) in [5.74, 6) is -0.289. The van der Waals surface area contributed by atoms with Crippen LogP contribution in [0.2, 0.25) is 0 Å². The summed E-state index contributed by atoms with van der Waals surface area (Å²) in [5, 5.41) is 5.90. The van der Waals surface area contributed by atoms with E-state index >= 15 is 0 Å². The van der Waals surface area contributed by atoms with Gasteiger partial charge in [-0.1, -0.05) is 87.9 Å². The van der Waals surface area contributed by atoms with Gasteiger partial charge in [-0.15, -0.1) is 0 Å². The van der Waals surface area contributed by atoms with Gasteiger partial charge < -0.3 is 20.3 Å². The second-order valence-electron chi connectivity index (χ2n) is 11.7.